The molecule has 1 aromatic carbocycles. The van der Waals surface area contributed by atoms with Crippen molar-refractivity contribution in [2.24, 2.45) is 0 Å². The van der Waals surface area contributed by atoms with Crippen LogP contribution in [0.25, 0.3) is 22.2 Å². The summed E-state index contributed by atoms with van der Waals surface area (Å²) in [6.07, 6.45) is 1.77. The Bertz CT molecular complexity index is 782. The molecule has 0 aliphatic rings. The van der Waals surface area contributed by atoms with Gasteiger partial charge in [-0.05, 0) is 18.2 Å². The van der Waals surface area contributed by atoms with Crippen LogP contribution in [0.5, 0.6) is 0 Å². The highest BCUT2D eigenvalue weighted by atomic mass is 35.5. The molecule has 3 rings (SSSR count). The third-order valence-electron chi connectivity index (χ3n) is 3.07. The number of anilines is 1. The summed E-state index contributed by atoms with van der Waals surface area (Å²) in [6.45, 7) is 0. The Kier molecular flexibility index (Phi) is 3.47. The normalized spacial score (nSPS) is 10.8. The van der Waals surface area contributed by atoms with Gasteiger partial charge in [-0.3, -0.25) is 4.98 Å². The monoisotopic (exact) mass is 303 g/mol. The number of fused-ring (bicyclic) bond motifs is 1. The number of rotatable bonds is 2. The van der Waals surface area contributed by atoms with Crippen LogP contribution in [-0.2, 0) is 0 Å². The van der Waals surface area contributed by atoms with Crippen molar-refractivity contribution < 1.29 is 0 Å². The van der Waals surface area contributed by atoms with E-state index < -0.39 is 0 Å². The number of nitrogens with zero attached hydrogens (tertiary/aromatic N) is 2. The number of pyridine rings is 2. The van der Waals surface area contributed by atoms with Crippen molar-refractivity contribution >= 4 is 39.9 Å². The van der Waals surface area contributed by atoms with Crippen LogP contribution in [0.3, 0.4) is 0 Å². The molecule has 20 heavy (non-hydrogen) atoms. The van der Waals surface area contributed by atoms with Crippen LogP contribution in [0.1, 0.15) is 0 Å². The van der Waals surface area contributed by atoms with Gasteiger partial charge < -0.3 is 5.32 Å². The molecule has 0 fully saturated rings. The molecule has 0 unspecified atom stereocenters. The lowest BCUT2D eigenvalue weighted by Crippen LogP contribution is -1.96. The Morgan fingerprint density at radius 1 is 1.05 bits per heavy atom. The molecule has 2 aromatic heterocycles. The summed E-state index contributed by atoms with van der Waals surface area (Å²) in [5, 5.41) is 4.99. The molecule has 0 amide bonds. The Balaban J connectivity index is 2.31. The molecule has 2 heterocycles. The summed E-state index contributed by atoms with van der Waals surface area (Å²) in [7, 11) is 1.77. The molecule has 0 radical (unpaired) electrons. The molecule has 0 aliphatic carbocycles. The van der Waals surface area contributed by atoms with E-state index in [0.717, 1.165) is 16.5 Å². The Labute approximate surface area is 126 Å². The van der Waals surface area contributed by atoms with Crippen molar-refractivity contribution in [2.75, 3.05) is 12.4 Å². The van der Waals surface area contributed by atoms with Crippen LogP contribution in [0, 0.1) is 0 Å². The van der Waals surface area contributed by atoms with Crippen molar-refractivity contribution in [3.8, 4) is 11.3 Å². The fourth-order valence-electron chi connectivity index (χ4n) is 2.14. The Morgan fingerprint density at radius 3 is 2.70 bits per heavy atom. The quantitative estimate of drug-likeness (QED) is 0.749. The minimum atomic E-state index is 0.500. The largest absolute Gasteiger partial charge is 0.372 e. The average Bonchev–Trinajstić information content (AvgIpc) is 2.47. The zero-order chi connectivity index (χ0) is 14.1. The number of hydrogen-bond donors (Lipinski definition) is 1. The summed E-state index contributed by atoms with van der Waals surface area (Å²) >= 11 is 12.4. The van der Waals surface area contributed by atoms with Crippen LogP contribution in [0.15, 0.2) is 42.6 Å². The summed E-state index contributed by atoms with van der Waals surface area (Å²) in [6, 6.07) is 11.5. The SMILES string of the molecule is CNc1nc(-c2cccc3ncccc23)c(Cl)cc1Cl. The van der Waals surface area contributed by atoms with E-state index in [1.54, 1.807) is 19.3 Å². The van der Waals surface area contributed by atoms with Crippen LogP contribution in [0.2, 0.25) is 10.0 Å². The molecular weight excluding hydrogens is 293 g/mol. The Hall–Kier alpha value is -1.84. The smallest absolute Gasteiger partial charge is 0.145 e. The lowest BCUT2D eigenvalue weighted by atomic mass is 10.0. The maximum Gasteiger partial charge on any atom is 0.145 e. The molecule has 0 bridgehead atoms. The van der Waals surface area contributed by atoms with Gasteiger partial charge in [-0.25, -0.2) is 4.98 Å². The molecular formula is C15H11Cl2N3. The first kappa shape index (κ1) is 13.2. The molecule has 100 valence electrons. The summed E-state index contributed by atoms with van der Waals surface area (Å²) in [4.78, 5) is 8.85. The van der Waals surface area contributed by atoms with E-state index in [2.05, 4.69) is 15.3 Å². The first-order valence-corrected chi connectivity index (χ1v) is 6.84. The van der Waals surface area contributed by atoms with Gasteiger partial charge in [-0.2, -0.15) is 0 Å². The van der Waals surface area contributed by atoms with Crippen LogP contribution in [0.4, 0.5) is 5.82 Å². The topological polar surface area (TPSA) is 37.8 Å². The van der Waals surface area contributed by atoms with Gasteiger partial charge in [0.1, 0.15) is 5.82 Å². The molecule has 0 atom stereocenters. The number of benzene rings is 1. The van der Waals surface area contributed by atoms with Crippen LogP contribution >= 0.6 is 23.2 Å². The standard InChI is InChI=1S/C15H11Cl2N3/c1-18-15-12(17)8-11(16)14(20-15)10-4-2-6-13-9(10)5-3-7-19-13/h2-8H,1H3,(H,18,20). The molecule has 3 nitrogen and oxygen atoms in total. The summed E-state index contributed by atoms with van der Waals surface area (Å²) in [5.41, 5.74) is 2.54. The van der Waals surface area contributed by atoms with Crippen molar-refractivity contribution in [2.45, 2.75) is 0 Å². The van der Waals surface area contributed by atoms with Gasteiger partial charge in [0, 0.05) is 24.2 Å². The van der Waals surface area contributed by atoms with Gasteiger partial charge in [0.2, 0.25) is 0 Å². The second-order valence-corrected chi connectivity index (χ2v) is 5.09. The molecule has 5 heteroatoms. The minimum Gasteiger partial charge on any atom is -0.372 e. The molecule has 0 aliphatic heterocycles. The number of halogens is 2. The van der Waals surface area contributed by atoms with E-state index in [9.17, 15) is 0 Å². The summed E-state index contributed by atoms with van der Waals surface area (Å²) in [5.74, 6) is 0.604. The highest BCUT2D eigenvalue weighted by molar-refractivity contribution is 6.37. The van der Waals surface area contributed by atoms with Gasteiger partial charge in [0.15, 0.2) is 0 Å². The zero-order valence-corrected chi connectivity index (χ0v) is 12.2. The molecule has 0 saturated heterocycles. The fraction of sp³-hybridized carbons (Fsp3) is 0.0667. The third-order valence-corrected chi connectivity index (χ3v) is 3.64. The molecule has 3 aromatic rings. The van der Waals surface area contributed by atoms with Crippen molar-refractivity contribution in [3.63, 3.8) is 0 Å². The lowest BCUT2D eigenvalue weighted by Gasteiger charge is -2.10. The van der Waals surface area contributed by atoms with Crippen molar-refractivity contribution in [1.29, 1.82) is 0 Å². The highest BCUT2D eigenvalue weighted by Crippen LogP contribution is 2.35. The predicted molar refractivity (Wildman–Crippen MR) is 84.5 cm³/mol. The van der Waals surface area contributed by atoms with Crippen molar-refractivity contribution in [3.05, 3.63) is 52.6 Å². The first-order chi connectivity index (χ1) is 9.70. The van der Waals surface area contributed by atoms with Gasteiger partial charge in [0.25, 0.3) is 0 Å². The van der Waals surface area contributed by atoms with E-state index in [0.29, 0.717) is 21.6 Å². The van der Waals surface area contributed by atoms with E-state index in [1.165, 1.54) is 0 Å². The highest BCUT2D eigenvalue weighted by Gasteiger charge is 2.13. The maximum absolute atomic E-state index is 6.30. The molecule has 0 saturated carbocycles. The van der Waals surface area contributed by atoms with Gasteiger partial charge in [-0.15, -0.1) is 0 Å². The molecule has 0 spiro atoms. The van der Waals surface area contributed by atoms with Gasteiger partial charge in [-0.1, -0.05) is 41.4 Å². The fourth-order valence-corrected chi connectivity index (χ4v) is 2.70. The first-order valence-electron chi connectivity index (χ1n) is 6.08. The predicted octanol–water partition coefficient (Wildman–Crippen LogP) is 4.65. The van der Waals surface area contributed by atoms with E-state index in [1.807, 2.05) is 30.3 Å². The van der Waals surface area contributed by atoms with Gasteiger partial charge in [0.05, 0.1) is 21.3 Å². The van der Waals surface area contributed by atoms with E-state index in [-0.39, 0.29) is 0 Å². The zero-order valence-electron chi connectivity index (χ0n) is 10.7. The number of hydrogen-bond acceptors (Lipinski definition) is 3. The second kappa shape index (κ2) is 5.27. The number of aromatic nitrogens is 2. The summed E-state index contributed by atoms with van der Waals surface area (Å²) < 4.78 is 0. The average molecular weight is 304 g/mol. The third kappa shape index (κ3) is 2.19. The lowest BCUT2D eigenvalue weighted by molar-refractivity contribution is 1.29. The Morgan fingerprint density at radius 2 is 1.90 bits per heavy atom. The number of nitrogens with one attached hydrogen (secondary N) is 1. The van der Waals surface area contributed by atoms with Gasteiger partial charge >= 0.3 is 0 Å². The minimum absolute atomic E-state index is 0.500. The second-order valence-electron chi connectivity index (χ2n) is 4.27. The molecule has 1 N–H and O–H groups in total. The van der Waals surface area contributed by atoms with E-state index >= 15 is 0 Å². The van der Waals surface area contributed by atoms with Crippen LogP contribution < -0.4 is 5.32 Å². The van der Waals surface area contributed by atoms with Crippen LogP contribution in [-0.4, -0.2) is 17.0 Å². The maximum atomic E-state index is 6.30. The van der Waals surface area contributed by atoms with Crippen molar-refractivity contribution in [1.82, 2.24) is 9.97 Å². The van der Waals surface area contributed by atoms with E-state index in [4.69, 9.17) is 23.2 Å².